The largest absolute Gasteiger partial charge is 0.492 e. The Labute approximate surface area is 128 Å². The van der Waals surface area contributed by atoms with E-state index in [1.165, 1.54) is 12.3 Å². The van der Waals surface area contributed by atoms with Crippen LogP contribution in [0.5, 0.6) is 5.75 Å². The highest BCUT2D eigenvalue weighted by molar-refractivity contribution is 6.33. The van der Waals surface area contributed by atoms with Crippen LogP contribution in [-0.4, -0.2) is 24.0 Å². The van der Waals surface area contributed by atoms with Gasteiger partial charge in [-0.05, 0) is 30.7 Å². The molecule has 21 heavy (non-hydrogen) atoms. The minimum atomic E-state index is -0.266. The standard InChI is InChI=1S/C15H16ClN3O2/c1-10-3-2-4-12(7-10)21-6-5-18-15(20)11-8-13(16)14(17)19-9-11/h2-4,7-9H,5-6H2,1H3,(H2,17,19)(H,18,20). The molecule has 0 saturated heterocycles. The third-order valence-electron chi connectivity index (χ3n) is 2.78. The molecule has 0 atom stereocenters. The van der Waals surface area contributed by atoms with Gasteiger partial charge < -0.3 is 15.8 Å². The van der Waals surface area contributed by atoms with Crippen LogP contribution >= 0.6 is 11.6 Å². The molecule has 2 rings (SSSR count). The molecule has 0 saturated carbocycles. The Morgan fingerprint density at radius 3 is 2.95 bits per heavy atom. The van der Waals surface area contributed by atoms with Gasteiger partial charge in [-0.1, -0.05) is 23.7 Å². The minimum absolute atomic E-state index is 0.205. The van der Waals surface area contributed by atoms with Gasteiger partial charge in [0, 0.05) is 6.20 Å². The number of hydrogen-bond donors (Lipinski definition) is 2. The van der Waals surface area contributed by atoms with E-state index in [9.17, 15) is 4.79 Å². The van der Waals surface area contributed by atoms with Crippen LogP contribution in [0.3, 0.4) is 0 Å². The number of nitrogen functional groups attached to an aromatic ring is 1. The van der Waals surface area contributed by atoms with E-state index in [-0.39, 0.29) is 16.7 Å². The molecular weight excluding hydrogens is 290 g/mol. The minimum Gasteiger partial charge on any atom is -0.492 e. The lowest BCUT2D eigenvalue weighted by Crippen LogP contribution is -2.28. The fourth-order valence-corrected chi connectivity index (χ4v) is 1.88. The second-order valence-electron chi connectivity index (χ2n) is 4.51. The van der Waals surface area contributed by atoms with Gasteiger partial charge in [-0.15, -0.1) is 0 Å². The zero-order valence-corrected chi connectivity index (χ0v) is 12.4. The summed E-state index contributed by atoms with van der Waals surface area (Å²) in [5.74, 6) is 0.717. The number of carbonyl (C=O) groups excluding carboxylic acids is 1. The van der Waals surface area contributed by atoms with Crippen LogP contribution in [0.25, 0.3) is 0 Å². The Bertz CT molecular complexity index is 647. The molecule has 2 aromatic rings. The molecule has 0 fully saturated rings. The van der Waals surface area contributed by atoms with Crippen molar-refractivity contribution in [1.29, 1.82) is 0 Å². The fourth-order valence-electron chi connectivity index (χ4n) is 1.71. The summed E-state index contributed by atoms with van der Waals surface area (Å²) in [5, 5.41) is 2.99. The highest BCUT2D eigenvalue weighted by Gasteiger charge is 2.08. The maximum absolute atomic E-state index is 11.9. The van der Waals surface area contributed by atoms with Crippen LogP contribution < -0.4 is 15.8 Å². The average molecular weight is 306 g/mol. The lowest BCUT2D eigenvalue weighted by molar-refractivity contribution is 0.0946. The molecule has 1 aromatic carbocycles. The fraction of sp³-hybridized carbons (Fsp3) is 0.200. The third kappa shape index (κ3) is 4.36. The molecule has 3 N–H and O–H groups in total. The van der Waals surface area contributed by atoms with Crippen molar-refractivity contribution in [1.82, 2.24) is 10.3 Å². The summed E-state index contributed by atoms with van der Waals surface area (Å²) in [6, 6.07) is 9.21. The van der Waals surface area contributed by atoms with E-state index in [1.54, 1.807) is 0 Å². The quantitative estimate of drug-likeness (QED) is 0.832. The topological polar surface area (TPSA) is 77.2 Å². The Kier molecular flexibility index (Phi) is 5.00. The SMILES string of the molecule is Cc1cccc(OCCNC(=O)c2cnc(N)c(Cl)c2)c1. The zero-order chi connectivity index (χ0) is 15.2. The van der Waals surface area contributed by atoms with Crippen molar-refractivity contribution >= 4 is 23.3 Å². The van der Waals surface area contributed by atoms with E-state index in [0.29, 0.717) is 18.7 Å². The summed E-state index contributed by atoms with van der Waals surface area (Å²) in [7, 11) is 0. The van der Waals surface area contributed by atoms with Crippen molar-refractivity contribution in [3.05, 3.63) is 52.7 Å². The van der Waals surface area contributed by atoms with Gasteiger partial charge >= 0.3 is 0 Å². The summed E-state index contributed by atoms with van der Waals surface area (Å²) < 4.78 is 5.54. The summed E-state index contributed by atoms with van der Waals surface area (Å²) in [6.45, 7) is 2.76. The first-order valence-corrected chi connectivity index (χ1v) is 6.83. The molecule has 0 bridgehead atoms. The van der Waals surface area contributed by atoms with E-state index in [1.807, 2.05) is 31.2 Å². The number of nitrogens with zero attached hydrogens (tertiary/aromatic N) is 1. The second-order valence-corrected chi connectivity index (χ2v) is 4.92. The Hall–Kier alpha value is -2.27. The maximum Gasteiger partial charge on any atom is 0.253 e. The predicted octanol–water partition coefficient (Wildman–Crippen LogP) is 2.43. The van der Waals surface area contributed by atoms with Gasteiger partial charge in [-0.25, -0.2) is 4.98 Å². The first-order valence-electron chi connectivity index (χ1n) is 6.45. The van der Waals surface area contributed by atoms with Crippen LogP contribution in [0.15, 0.2) is 36.5 Å². The number of nitrogens with two attached hydrogens (primary N) is 1. The molecule has 0 aliphatic rings. The number of nitrogens with one attached hydrogen (secondary N) is 1. The number of benzene rings is 1. The van der Waals surface area contributed by atoms with E-state index in [4.69, 9.17) is 22.1 Å². The number of rotatable bonds is 5. The first-order chi connectivity index (χ1) is 10.1. The van der Waals surface area contributed by atoms with Crippen molar-refractivity contribution in [2.45, 2.75) is 6.92 Å². The first kappa shape index (κ1) is 15.1. The van der Waals surface area contributed by atoms with Crippen molar-refractivity contribution < 1.29 is 9.53 Å². The van der Waals surface area contributed by atoms with Gasteiger partial charge in [0.05, 0.1) is 17.1 Å². The molecule has 1 amide bonds. The molecule has 110 valence electrons. The Morgan fingerprint density at radius 2 is 2.24 bits per heavy atom. The van der Waals surface area contributed by atoms with Crippen LogP contribution in [0.1, 0.15) is 15.9 Å². The molecule has 0 spiro atoms. The van der Waals surface area contributed by atoms with Crippen molar-refractivity contribution in [3.8, 4) is 5.75 Å². The molecule has 0 radical (unpaired) electrons. The number of pyridine rings is 1. The van der Waals surface area contributed by atoms with E-state index in [2.05, 4.69) is 10.3 Å². The summed E-state index contributed by atoms with van der Waals surface area (Å²) >= 11 is 5.82. The van der Waals surface area contributed by atoms with Crippen molar-refractivity contribution in [2.75, 3.05) is 18.9 Å². The second kappa shape index (κ2) is 6.95. The monoisotopic (exact) mass is 305 g/mol. The Morgan fingerprint density at radius 1 is 1.43 bits per heavy atom. The zero-order valence-electron chi connectivity index (χ0n) is 11.6. The summed E-state index contributed by atoms with van der Waals surface area (Å²) in [4.78, 5) is 15.7. The smallest absolute Gasteiger partial charge is 0.253 e. The van der Waals surface area contributed by atoms with Gasteiger partial charge in [0.25, 0.3) is 5.91 Å². The van der Waals surface area contributed by atoms with E-state index in [0.717, 1.165) is 11.3 Å². The number of ether oxygens (including phenoxy) is 1. The predicted molar refractivity (Wildman–Crippen MR) is 82.7 cm³/mol. The Balaban J connectivity index is 1.80. The number of amides is 1. The lowest BCUT2D eigenvalue weighted by atomic mass is 10.2. The summed E-state index contributed by atoms with van der Waals surface area (Å²) in [5.41, 5.74) is 6.98. The molecular formula is C15H16ClN3O2. The molecule has 1 heterocycles. The van der Waals surface area contributed by atoms with Gasteiger partial charge in [0.1, 0.15) is 18.2 Å². The molecule has 5 nitrogen and oxygen atoms in total. The third-order valence-corrected chi connectivity index (χ3v) is 3.08. The molecule has 1 aromatic heterocycles. The lowest BCUT2D eigenvalue weighted by Gasteiger charge is -2.08. The highest BCUT2D eigenvalue weighted by Crippen LogP contribution is 2.16. The molecule has 6 heteroatoms. The van der Waals surface area contributed by atoms with Crippen LogP contribution in [0.2, 0.25) is 5.02 Å². The number of carbonyl (C=O) groups is 1. The van der Waals surface area contributed by atoms with Crippen LogP contribution in [-0.2, 0) is 0 Å². The van der Waals surface area contributed by atoms with Gasteiger partial charge in [0.2, 0.25) is 0 Å². The molecule has 0 unspecified atom stereocenters. The van der Waals surface area contributed by atoms with Gasteiger partial charge in [0.15, 0.2) is 0 Å². The van der Waals surface area contributed by atoms with Crippen LogP contribution in [0, 0.1) is 6.92 Å². The number of aromatic nitrogens is 1. The van der Waals surface area contributed by atoms with Crippen molar-refractivity contribution in [3.63, 3.8) is 0 Å². The van der Waals surface area contributed by atoms with E-state index < -0.39 is 0 Å². The van der Waals surface area contributed by atoms with E-state index >= 15 is 0 Å². The maximum atomic E-state index is 11.9. The van der Waals surface area contributed by atoms with Gasteiger partial charge in [-0.2, -0.15) is 0 Å². The number of anilines is 1. The normalized spacial score (nSPS) is 10.2. The average Bonchev–Trinajstić information content (AvgIpc) is 2.46. The number of halogens is 1. The molecule has 0 aliphatic heterocycles. The number of hydrogen-bond acceptors (Lipinski definition) is 4. The van der Waals surface area contributed by atoms with Crippen LogP contribution in [0.4, 0.5) is 5.82 Å². The number of aryl methyl sites for hydroxylation is 1. The highest BCUT2D eigenvalue weighted by atomic mass is 35.5. The summed E-state index contributed by atoms with van der Waals surface area (Å²) in [6.07, 6.45) is 1.39. The van der Waals surface area contributed by atoms with Crippen molar-refractivity contribution in [2.24, 2.45) is 0 Å². The molecule has 0 aliphatic carbocycles. The van der Waals surface area contributed by atoms with Gasteiger partial charge in [-0.3, -0.25) is 4.79 Å².